The molecule has 216 valence electrons. The van der Waals surface area contributed by atoms with Crippen LogP contribution < -0.4 is 0 Å². The molecule has 1 unspecified atom stereocenters. The number of fused-ring (bicyclic) bond motifs is 1. The van der Waals surface area contributed by atoms with Crippen LogP contribution in [0.1, 0.15) is 33.6 Å². The molecule has 5 heterocycles. The van der Waals surface area contributed by atoms with Gasteiger partial charge in [-0.15, -0.1) is 0 Å². The Labute approximate surface area is 240 Å². The van der Waals surface area contributed by atoms with Gasteiger partial charge in [-0.2, -0.15) is 0 Å². The highest BCUT2D eigenvalue weighted by Crippen LogP contribution is 2.33. The summed E-state index contributed by atoms with van der Waals surface area (Å²) in [5.41, 5.74) is 6.26. The van der Waals surface area contributed by atoms with E-state index in [9.17, 15) is 9.18 Å². The Morgan fingerprint density at radius 2 is 1.95 bits per heavy atom. The second-order valence-electron chi connectivity index (χ2n) is 10.7. The first-order chi connectivity index (χ1) is 20.0. The van der Waals surface area contributed by atoms with E-state index in [2.05, 4.69) is 58.9 Å². The molecule has 0 radical (unpaired) electrons. The van der Waals surface area contributed by atoms with Gasteiger partial charge in [0, 0.05) is 44.3 Å². The van der Waals surface area contributed by atoms with Crippen LogP contribution in [0, 0.1) is 17.7 Å². The number of aromatic nitrogens is 1. The summed E-state index contributed by atoms with van der Waals surface area (Å²) in [5, 5.41) is 0. The fourth-order valence-electron chi connectivity index (χ4n) is 5.54. The quantitative estimate of drug-likeness (QED) is 0.471. The van der Waals surface area contributed by atoms with E-state index in [1.54, 1.807) is 18.3 Å². The number of amides is 1. The average molecular weight is 560 g/mol. The molecule has 1 saturated heterocycles. The summed E-state index contributed by atoms with van der Waals surface area (Å²) in [5.74, 6) is 0.715. The first-order valence-corrected chi connectivity index (χ1v) is 14.4. The third-order valence-electron chi connectivity index (χ3n) is 8.20. The van der Waals surface area contributed by atoms with Crippen LogP contribution in [0.4, 0.5) is 4.39 Å². The van der Waals surface area contributed by atoms with E-state index in [0.717, 1.165) is 69.1 Å². The predicted molar refractivity (Wildman–Crippen MR) is 159 cm³/mol. The van der Waals surface area contributed by atoms with Crippen molar-refractivity contribution in [3.05, 3.63) is 76.8 Å². The van der Waals surface area contributed by atoms with Crippen LogP contribution in [0.25, 0.3) is 11.1 Å². The number of morpholine rings is 1. The Morgan fingerprint density at radius 1 is 1.12 bits per heavy atom. The van der Waals surface area contributed by atoms with Gasteiger partial charge in [0.1, 0.15) is 5.52 Å². The lowest BCUT2D eigenvalue weighted by Gasteiger charge is -2.35. The summed E-state index contributed by atoms with van der Waals surface area (Å²) in [6.45, 7) is 12.0. The molecule has 0 aliphatic carbocycles. The normalized spacial score (nSPS) is 23.3. The van der Waals surface area contributed by atoms with Gasteiger partial charge in [-0.1, -0.05) is 32.1 Å². The van der Waals surface area contributed by atoms with Gasteiger partial charge in [0.15, 0.2) is 17.8 Å². The Bertz CT molecular complexity index is 1440. The molecule has 8 nitrogen and oxygen atoms in total. The Hall–Kier alpha value is -3.85. The minimum absolute atomic E-state index is 0.0736. The fourth-order valence-corrected chi connectivity index (χ4v) is 5.54. The monoisotopic (exact) mass is 559 g/mol. The highest BCUT2D eigenvalue weighted by molar-refractivity contribution is 6.13. The first-order valence-electron chi connectivity index (χ1n) is 14.4. The number of oxazole rings is 1. The molecule has 2 aromatic rings. The van der Waals surface area contributed by atoms with E-state index in [-0.39, 0.29) is 11.7 Å². The zero-order valence-electron chi connectivity index (χ0n) is 24.1. The highest BCUT2D eigenvalue weighted by atomic mass is 19.1. The maximum Gasteiger partial charge on any atom is 0.256 e. The fraction of sp³-hybridized carbons (Fsp3) is 0.438. The van der Waals surface area contributed by atoms with Gasteiger partial charge < -0.3 is 19.0 Å². The van der Waals surface area contributed by atoms with Crippen LogP contribution >= 0.6 is 0 Å². The van der Waals surface area contributed by atoms with Crippen molar-refractivity contribution in [2.24, 2.45) is 21.8 Å². The Kier molecular flexibility index (Phi) is 9.24. The molecule has 9 heteroatoms. The van der Waals surface area contributed by atoms with Crippen molar-refractivity contribution in [3.8, 4) is 0 Å². The Balaban J connectivity index is 0.000000282. The topological polar surface area (TPSA) is 83.5 Å². The summed E-state index contributed by atoms with van der Waals surface area (Å²) < 4.78 is 23.0. The molecular weight excluding hydrogens is 521 g/mol. The van der Waals surface area contributed by atoms with E-state index < -0.39 is 0 Å². The summed E-state index contributed by atoms with van der Waals surface area (Å²) >= 11 is 0. The van der Waals surface area contributed by atoms with Crippen molar-refractivity contribution in [1.82, 2.24) is 14.8 Å². The van der Waals surface area contributed by atoms with Crippen molar-refractivity contribution in [2.45, 2.75) is 33.6 Å². The SMILES string of the molecule is C/C=C(\C=C/C1=C(C(=O)N2CCC3=C(C2)N=CC(C)[C@@H]3C)C=NCC1)N1CCOCC1.Fc1cccc2ocnc12. The number of benzene rings is 1. The molecule has 0 spiro atoms. The molecule has 4 aliphatic heterocycles. The number of para-hydroxylation sites is 1. The number of hydrogen-bond acceptors (Lipinski definition) is 7. The van der Waals surface area contributed by atoms with Gasteiger partial charge >= 0.3 is 0 Å². The number of aliphatic imine (C=N–C) groups is 2. The lowest BCUT2D eigenvalue weighted by atomic mass is 9.83. The molecule has 4 aliphatic rings. The van der Waals surface area contributed by atoms with Crippen LogP contribution in [-0.4, -0.2) is 79.1 Å². The van der Waals surface area contributed by atoms with E-state index in [1.165, 1.54) is 23.7 Å². The number of allylic oxidation sites excluding steroid dienone is 3. The maximum absolute atomic E-state index is 13.4. The van der Waals surface area contributed by atoms with Crippen LogP contribution in [0.2, 0.25) is 0 Å². The summed E-state index contributed by atoms with van der Waals surface area (Å²) in [6.07, 6.45) is 13.1. The molecule has 1 fully saturated rings. The predicted octanol–water partition coefficient (Wildman–Crippen LogP) is 5.36. The van der Waals surface area contributed by atoms with E-state index in [4.69, 9.17) is 9.15 Å². The number of carbonyl (C=O) groups is 1. The first kappa shape index (κ1) is 28.7. The average Bonchev–Trinajstić information content (AvgIpc) is 3.50. The van der Waals surface area contributed by atoms with Gasteiger partial charge in [0.05, 0.1) is 31.0 Å². The number of dihydropyridines is 1. The van der Waals surface area contributed by atoms with E-state index >= 15 is 0 Å². The second-order valence-corrected chi connectivity index (χ2v) is 10.7. The van der Waals surface area contributed by atoms with Gasteiger partial charge in [0.2, 0.25) is 0 Å². The molecule has 41 heavy (non-hydrogen) atoms. The molecule has 0 bridgehead atoms. The van der Waals surface area contributed by atoms with Crippen molar-refractivity contribution in [3.63, 3.8) is 0 Å². The standard InChI is InChI=1S/C25H34N4O2.C7H4FNO/c1-4-21(28-11-13-31-14-12-28)6-5-20-7-9-26-16-23(20)25(30)29-10-8-22-19(3)18(2)15-27-24(22)17-29;8-5-2-1-3-6-7(5)9-4-10-6/h4-6,15-16,18-19H,7-14,17H2,1-3H3;1-4H/b6-5-,21-4+;/t18?,19-;/m0./s1. The molecule has 1 amide bonds. The minimum atomic E-state index is -0.341. The molecule has 2 atom stereocenters. The van der Waals surface area contributed by atoms with Crippen molar-refractivity contribution in [1.29, 1.82) is 0 Å². The number of rotatable bonds is 4. The number of halogens is 1. The summed E-state index contributed by atoms with van der Waals surface area (Å²) in [4.78, 5) is 30.5. The van der Waals surface area contributed by atoms with Gasteiger partial charge in [-0.3, -0.25) is 14.8 Å². The molecule has 1 aromatic heterocycles. The largest absolute Gasteiger partial charge is 0.443 e. The number of hydrogen-bond donors (Lipinski definition) is 0. The smallest absolute Gasteiger partial charge is 0.256 e. The number of ether oxygens (including phenoxy) is 1. The number of carbonyl (C=O) groups excluding carboxylic acids is 1. The molecule has 1 aromatic carbocycles. The van der Waals surface area contributed by atoms with E-state index in [0.29, 0.717) is 29.5 Å². The lowest BCUT2D eigenvalue weighted by Crippen LogP contribution is -2.40. The summed E-state index contributed by atoms with van der Waals surface area (Å²) in [6, 6.07) is 4.61. The number of nitrogens with zero attached hydrogens (tertiary/aromatic N) is 5. The van der Waals surface area contributed by atoms with Crippen molar-refractivity contribution < 1.29 is 18.3 Å². The van der Waals surface area contributed by atoms with Crippen LogP contribution in [-0.2, 0) is 9.53 Å². The van der Waals surface area contributed by atoms with E-state index in [1.807, 2.05) is 11.1 Å². The van der Waals surface area contributed by atoms with Gasteiger partial charge in [-0.05, 0) is 61.0 Å². The van der Waals surface area contributed by atoms with Crippen LogP contribution in [0.3, 0.4) is 0 Å². The Morgan fingerprint density at radius 3 is 2.73 bits per heavy atom. The molecular formula is C32H38FN5O3. The maximum atomic E-state index is 13.4. The van der Waals surface area contributed by atoms with Gasteiger partial charge in [-0.25, -0.2) is 9.37 Å². The zero-order valence-corrected chi connectivity index (χ0v) is 24.1. The minimum Gasteiger partial charge on any atom is -0.443 e. The molecule has 0 N–H and O–H groups in total. The van der Waals surface area contributed by atoms with Gasteiger partial charge in [0.25, 0.3) is 5.91 Å². The molecule has 6 rings (SSSR count). The lowest BCUT2D eigenvalue weighted by molar-refractivity contribution is -0.126. The molecule has 0 saturated carbocycles. The third-order valence-corrected chi connectivity index (χ3v) is 8.20. The van der Waals surface area contributed by atoms with Crippen molar-refractivity contribution >= 4 is 29.4 Å². The van der Waals surface area contributed by atoms with Crippen LogP contribution in [0.15, 0.2) is 85.3 Å². The third kappa shape index (κ3) is 6.56. The highest BCUT2D eigenvalue weighted by Gasteiger charge is 2.31. The van der Waals surface area contributed by atoms with Crippen LogP contribution in [0.5, 0.6) is 0 Å². The summed E-state index contributed by atoms with van der Waals surface area (Å²) in [7, 11) is 0. The zero-order chi connectivity index (χ0) is 28.8. The van der Waals surface area contributed by atoms with Crippen molar-refractivity contribution in [2.75, 3.05) is 45.9 Å². The second kappa shape index (κ2) is 13.2.